The van der Waals surface area contributed by atoms with Crippen molar-refractivity contribution in [2.75, 3.05) is 14.2 Å². The fourth-order valence-corrected chi connectivity index (χ4v) is 4.34. The third-order valence-corrected chi connectivity index (χ3v) is 6.14. The topological polar surface area (TPSA) is 93.7 Å². The van der Waals surface area contributed by atoms with Crippen LogP contribution < -0.4 is 19.5 Å². The number of hydrogen-bond donors (Lipinski definition) is 2. The first kappa shape index (κ1) is 23.7. The van der Waals surface area contributed by atoms with Crippen LogP contribution in [0.3, 0.4) is 0 Å². The zero-order valence-electron chi connectivity index (χ0n) is 17.8. The number of sulfonamides is 1. The van der Waals surface area contributed by atoms with Crippen molar-refractivity contribution in [2.45, 2.75) is 50.1 Å². The highest BCUT2D eigenvalue weighted by Gasteiger charge is 2.27. The summed E-state index contributed by atoms with van der Waals surface area (Å²) in [5.41, 5.74) is 0.857. The summed E-state index contributed by atoms with van der Waals surface area (Å²) in [6.45, 7) is 3.94. The third kappa shape index (κ3) is 6.47. The molecule has 0 aliphatic rings. The smallest absolute Gasteiger partial charge is 0.241 e. The molecule has 0 spiro atoms. The lowest BCUT2D eigenvalue weighted by atomic mass is 10.1. The van der Waals surface area contributed by atoms with Gasteiger partial charge in [0, 0.05) is 12.1 Å². The molecular weight excluding hydrogens is 404 g/mol. The van der Waals surface area contributed by atoms with Gasteiger partial charge in [-0.15, -0.1) is 0 Å². The first-order valence-electron chi connectivity index (χ1n) is 9.89. The number of nitrogens with one attached hydrogen (secondary N) is 2. The predicted octanol–water partition coefficient (Wildman–Crippen LogP) is 2.90. The first-order valence-corrected chi connectivity index (χ1v) is 11.4. The fraction of sp³-hybridized carbons (Fsp3) is 0.409. The van der Waals surface area contributed by atoms with Crippen molar-refractivity contribution in [2.24, 2.45) is 0 Å². The number of rotatable bonds is 11. The number of hydrogen-bond acceptors (Lipinski definition) is 5. The van der Waals surface area contributed by atoms with E-state index in [0.29, 0.717) is 11.5 Å². The molecule has 2 atom stereocenters. The van der Waals surface area contributed by atoms with Crippen LogP contribution in [0.5, 0.6) is 11.5 Å². The Morgan fingerprint density at radius 1 is 1.03 bits per heavy atom. The van der Waals surface area contributed by atoms with Crippen molar-refractivity contribution in [3.8, 4) is 11.5 Å². The lowest BCUT2D eigenvalue weighted by Gasteiger charge is -2.21. The molecular formula is C22H30N2O5S. The Morgan fingerprint density at radius 2 is 1.70 bits per heavy atom. The Labute approximate surface area is 178 Å². The number of benzene rings is 2. The highest BCUT2D eigenvalue weighted by atomic mass is 32.2. The Hall–Kier alpha value is -2.58. The average molecular weight is 435 g/mol. The van der Waals surface area contributed by atoms with Crippen molar-refractivity contribution in [3.05, 3.63) is 54.1 Å². The molecule has 1 amide bonds. The van der Waals surface area contributed by atoms with Gasteiger partial charge < -0.3 is 14.8 Å². The molecule has 8 heteroatoms. The number of amides is 1. The van der Waals surface area contributed by atoms with Crippen molar-refractivity contribution in [1.82, 2.24) is 10.0 Å². The molecule has 0 bridgehead atoms. The third-order valence-electron chi connectivity index (χ3n) is 4.67. The van der Waals surface area contributed by atoms with Crippen molar-refractivity contribution >= 4 is 15.9 Å². The summed E-state index contributed by atoms with van der Waals surface area (Å²) in [5.74, 6) is 0.355. The molecule has 2 aromatic rings. The molecule has 0 unspecified atom stereocenters. The number of methoxy groups -OCH3 is 2. The summed E-state index contributed by atoms with van der Waals surface area (Å²) in [4.78, 5) is 12.9. The Bertz CT molecular complexity index is 932. The fourth-order valence-electron chi connectivity index (χ4n) is 3.13. The molecule has 0 fully saturated rings. The first-order chi connectivity index (χ1) is 14.3. The molecule has 2 N–H and O–H groups in total. The van der Waals surface area contributed by atoms with E-state index in [4.69, 9.17) is 9.47 Å². The molecule has 30 heavy (non-hydrogen) atoms. The van der Waals surface area contributed by atoms with E-state index in [1.807, 2.05) is 44.2 Å². The zero-order chi connectivity index (χ0) is 22.1. The number of carbonyl (C=O) groups is 1. The van der Waals surface area contributed by atoms with E-state index >= 15 is 0 Å². The summed E-state index contributed by atoms with van der Waals surface area (Å²) in [5, 5.41) is 2.91. The van der Waals surface area contributed by atoms with Gasteiger partial charge in [-0.1, -0.05) is 43.7 Å². The largest absolute Gasteiger partial charge is 0.493 e. The van der Waals surface area contributed by atoms with Crippen molar-refractivity contribution < 1.29 is 22.7 Å². The number of carbonyl (C=O) groups excluding carboxylic acids is 1. The van der Waals surface area contributed by atoms with E-state index in [1.165, 1.54) is 32.4 Å². The molecule has 0 aliphatic carbocycles. The minimum absolute atomic E-state index is 0.00683. The van der Waals surface area contributed by atoms with Crippen LogP contribution in [0, 0.1) is 0 Å². The molecule has 0 saturated heterocycles. The normalized spacial score (nSPS) is 13.3. The molecule has 2 aromatic carbocycles. The van der Waals surface area contributed by atoms with E-state index in [0.717, 1.165) is 18.4 Å². The van der Waals surface area contributed by atoms with E-state index in [9.17, 15) is 13.2 Å². The summed E-state index contributed by atoms with van der Waals surface area (Å²) in [7, 11) is -1.07. The molecule has 2 rings (SSSR count). The monoisotopic (exact) mass is 434 g/mol. The van der Waals surface area contributed by atoms with Crippen LogP contribution in [-0.2, 0) is 21.2 Å². The van der Waals surface area contributed by atoms with Crippen LogP contribution in [0.2, 0.25) is 0 Å². The molecule has 7 nitrogen and oxygen atoms in total. The van der Waals surface area contributed by atoms with E-state index in [-0.39, 0.29) is 23.3 Å². The molecule has 0 radical (unpaired) electrons. The minimum Gasteiger partial charge on any atom is -0.493 e. The van der Waals surface area contributed by atoms with Crippen LogP contribution in [0.1, 0.15) is 32.3 Å². The Morgan fingerprint density at radius 3 is 2.30 bits per heavy atom. The second-order valence-electron chi connectivity index (χ2n) is 7.08. The SMILES string of the molecule is CCC[C@@H](C)NC(=O)[C@H](Cc1ccccc1)NS(=O)(=O)c1ccc(OC)c(OC)c1. The zero-order valence-corrected chi connectivity index (χ0v) is 18.7. The Kier molecular flexibility index (Phi) is 8.68. The maximum atomic E-state index is 13.0. The summed E-state index contributed by atoms with van der Waals surface area (Å²) >= 11 is 0. The van der Waals surface area contributed by atoms with Gasteiger partial charge in [0.25, 0.3) is 0 Å². The van der Waals surface area contributed by atoms with Crippen molar-refractivity contribution in [1.29, 1.82) is 0 Å². The van der Waals surface area contributed by atoms with Crippen LogP contribution in [-0.4, -0.2) is 40.6 Å². The van der Waals surface area contributed by atoms with E-state index in [1.54, 1.807) is 0 Å². The molecule has 0 heterocycles. The van der Waals surface area contributed by atoms with Crippen molar-refractivity contribution in [3.63, 3.8) is 0 Å². The second kappa shape index (κ2) is 11.0. The van der Waals surface area contributed by atoms with Gasteiger partial charge in [0.05, 0.1) is 19.1 Å². The Balaban J connectivity index is 2.30. The highest BCUT2D eigenvalue weighted by Crippen LogP contribution is 2.29. The summed E-state index contributed by atoms with van der Waals surface area (Å²) < 4.78 is 39.0. The maximum absolute atomic E-state index is 13.0. The summed E-state index contributed by atoms with van der Waals surface area (Å²) in [6, 6.07) is 12.6. The van der Waals surface area contributed by atoms with Crippen LogP contribution in [0.4, 0.5) is 0 Å². The molecule has 164 valence electrons. The van der Waals surface area contributed by atoms with Crippen LogP contribution in [0.15, 0.2) is 53.4 Å². The quantitative estimate of drug-likeness (QED) is 0.567. The number of ether oxygens (including phenoxy) is 2. The lowest BCUT2D eigenvalue weighted by molar-refractivity contribution is -0.123. The standard InChI is InChI=1S/C22H30N2O5S/c1-5-9-16(2)23-22(25)19(14-17-10-7-6-8-11-17)24-30(26,27)18-12-13-20(28-3)21(15-18)29-4/h6-8,10-13,15-16,19,24H,5,9,14H2,1-4H3,(H,23,25)/t16-,19+/m1/s1. The van der Waals surface area contributed by atoms with Crippen LogP contribution >= 0.6 is 0 Å². The summed E-state index contributed by atoms with van der Waals surface area (Å²) in [6.07, 6.45) is 1.96. The second-order valence-corrected chi connectivity index (χ2v) is 8.79. The van der Waals surface area contributed by atoms with Gasteiger partial charge in [0.1, 0.15) is 6.04 Å². The van der Waals surface area contributed by atoms with Gasteiger partial charge >= 0.3 is 0 Å². The predicted molar refractivity (Wildman–Crippen MR) is 116 cm³/mol. The minimum atomic E-state index is -3.98. The lowest BCUT2D eigenvalue weighted by Crippen LogP contribution is -2.50. The average Bonchev–Trinajstić information content (AvgIpc) is 2.73. The van der Waals surface area contributed by atoms with Gasteiger partial charge in [0.2, 0.25) is 15.9 Å². The highest BCUT2D eigenvalue weighted by molar-refractivity contribution is 7.89. The van der Waals surface area contributed by atoms with E-state index < -0.39 is 16.1 Å². The molecule has 0 aliphatic heterocycles. The maximum Gasteiger partial charge on any atom is 0.241 e. The van der Waals surface area contributed by atoms with Gasteiger partial charge in [-0.25, -0.2) is 8.42 Å². The molecule has 0 saturated carbocycles. The van der Waals surface area contributed by atoms with Gasteiger partial charge in [-0.3, -0.25) is 4.79 Å². The van der Waals surface area contributed by atoms with Gasteiger partial charge in [-0.2, -0.15) is 4.72 Å². The van der Waals surface area contributed by atoms with Gasteiger partial charge in [-0.05, 0) is 37.5 Å². The molecule has 0 aromatic heterocycles. The van der Waals surface area contributed by atoms with Gasteiger partial charge in [0.15, 0.2) is 11.5 Å². The van der Waals surface area contributed by atoms with Crippen LogP contribution in [0.25, 0.3) is 0 Å². The van der Waals surface area contributed by atoms with E-state index in [2.05, 4.69) is 10.0 Å².